The molecule has 0 saturated carbocycles. The highest BCUT2D eigenvalue weighted by atomic mass is 16.2. The van der Waals surface area contributed by atoms with Crippen LogP contribution in [-0.2, 0) is 9.59 Å². The van der Waals surface area contributed by atoms with Crippen LogP contribution in [0.3, 0.4) is 0 Å². The van der Waals surface area contributed by atoms with E-state index >= 15 is 0 Å². The van der Waals surface area contributed by atoms with Crippen LogP contribution in [0.4, 0.5) is 5.69 Å². The molecular weight excluding hydrogens is 190 g/mol. The highest BCUT2D eigenvalue weighted by Crippen LogP contribution is 2.25. The second-order valence-corrected chi connectivity index (χ2v) is 4.01. The van der Waals surface area contributed by atoms with E-state index in [9.17, 15) is 9.59 Å². The van der Waals surface area contributed by atoms with E-state index < -0.39 is 0 Å². The van der Waals surface area contributed by atoms with Gasteiger partial charge in [0.25, 0.3) is 0 Å². The third kappa shape index (κ3) is 1.65. The summed E-state index contributed by atoms with van der Waals surface area (Å²) in [6, 6.07) is 7.42. The van der Waals surface area contributed by atoms with E-state index in [2.05, 4.69) is 0 Å². The number of carbonyl (C=O) groups excluding carboxylic acids is 2. The second kappa shape index (κ2) is 3.50. The Morgan fingerprint density at radius 3 is 2.27 bits per heavy atom. The number of imide groups is 1. The predicted molar refractivity (Wildman–Crippen MR) is 57.5 cm³/mol. The average molecular weight is 203 g/mol. The first-order valence-electron chi connectivity index (χ1n) is 5.03. The first kappa shape index (κ1) is 9.90. The average Bonchev–Trinajstić information content (AvgIpc) is 2.44. The molecule has 3 nitrogen and oxygen atoms in total. The Morgan fingerprint density at radius 2 is 1.80 bits per heavy atom. The summed E-state index contributed by atoms with van der Waals surface area (Å²) in [5, 5.41) is 0. The molecule has 1 atom stereocenters. The van der Waals surface area contributed by atoms with Crippen molar-refractivity contribution in [2.45, 2.75) is 20.3 Å². The molecule has 0 aromatic heterocycles. The number of aryl methyl sites for hydroxylation is 1. The summed E-state index contributed by atoms with van der Waals surface area (Å²) in [4.78, 5) is 24.6. The summed E-state index contributed by atoms with van der Waals surface area (Å²) in [6.07, 6.45) is 0.326. The van der Waals surface area contributed by atoms with Gasteiger partial charge in [0, 0.05) is 12.3 Å². The molecule has 1 fully saturated rings. The van der Waals surface area contributed by atoms with E-state index in [1.54, 1.807) is 6.92 Å². The van der Waals surface area contributed by atoms with Gasteiger partial charge in [0.1, 0.15) is 0 Å². The number of amides is 2. The van der Waals surface area contributed by atoms with Crippen molar-refractivity contribution in [3.8, 4) is 0 Å². The smallest absolute Gasteiger partial charge is 0.237 e. The zero-order valence-corrected chi connectivity index (χ0v) is 8.86. The molecular formula is C12H13NO2. The van der Waals surface area contributed by atoms with Gasteiger partial charge in [-0.2, -0.15) is 0 Å². The zero-order chi connectivity index (χ0) is 11.0. The summed E-state index contributed by atoms with van der Waals surface area (Å²) in [7, 11) is 0. The quantitative estimate of drug-likeness (QED) is 0.654. The Labute approximate surface area is 88.7 Å². The minimum Gasteiger partial charge on any atom is -0.274 e. The van der Waals surface area contributed by atoms with E-state index in [1.165, 1.54) is 4.90 Å². The van der Waals surface area contributed by atoms with Crippen LogP contribution in [0.15, 0.2) is 24.3 Å². The van der Waals surface area contributed by atoms with Gasteiger partial charge in [0.05, 0.1) is 5.69 Å². The Kier molecular flexibility index (Phi) is 2.31. The van der Waals surface area contributed by atoms with Crippen molar-refractivity contribution in [1.29, 1.82) is 0 Å². The molecule has 78 valence electrons. The Morgan fingerprint density at radius 1 is 1.20 bits per heavy atom. The molecule has 0 bridgehead atoms. The maximum absolute atomic E-state index is 11.7. The van der Waals surface area contributed by atoms with Gasteiger partial charge in [-0.05, 0) is 19.1 Å². The van der Waals surface area contributed by atoms with Gasteiger partial charge in [-0.15, -0.1) is 0 Å². The first-order chi connectivity index (χ1) is 7.09. The van der Waals surface area contributed by atoms with Gasteiger partial charge in [0.15, 0.2) is 0 Å². The molecule has 1 heterocycles. The van der Waals surface area contributed by atoms with Crippen LogP contribution in [0.25, 0.3) is 0 Å². The van der Waals surface area contributed by atoms with Crippen molar-refractivity contribution < 1.29 is 9.59 Å². The lowest BCUT2D eigenvalue weighted by Crippen LogP contribution is -2.29. The van der Waals surface area contributed by atoms with E-state index in [4.69, 9.17) is 0 Å². The summed E-state index contributed by atoms with van der Waals surface area (Å²) in [5.41, 5.74) is 1.80. The molecule has 1 saturated heterocycles. The Balaban J connectivity index is 2.35. The normalized spacial score (nSPS) is 21.2. The van der Waals surface area contributed by atoms with Gasteiger partial charge in [-0.25, -0.2) is 0 Å². The maximum atomic E-state index is 11.7. The molecule has 2 rings (SSSR count). The van der Waals surface area contributed by atoms with E-state index in [-0.39, 0.29) is 17.7 Å². The molecule has 2 amide bonds. The van der Waals surface area contributed by atoms with E-state index in [0.29, 0.717) is 12.1 Å². The predicted octanol–water partition coefficient (Wildman–Crippen LogP) is 1.89. The molecule has 3 heteroatoms. The number of nitrogens with zero attached hydrogens (tertiary/aromatic N) is 1. The fraction of sp³-hybridized carbons (Fsp3) is 0.333. The van der Waals surface area contributed by atoms with Crippen LogP contribution in [-0.4, -0.2) is 11.8 Å². The number of benzene rings is 1. The van der Waals surface area contributed by atoms with E-state index in [0.717, 1.165) is 5.56 Å². The highest BCUT2D eigenvalue weighted by molar-refractivity contribution is 6.20. The number of hydrogen-bond donors (Lipinski definition) is 0. The third-order valence-corrected chi connectivity index (χ3v) is 2.66. The topological polar surface area (TPSA) is 37.4 Å². The number of anilines is 1. The fourth-order valence-corrected chi connectivity index (χ4v) is 1.75. The number of rotatable bonds is 1. The van der Waals surface area contributed by atoms with Crippen LogP contribution in [0, 0.1) is 12.8 Å². The molecule has 1 aromatic carbocycles. The third-order valence-electron chi connectivity index (χ3n) is 2.66. The molecule has 0 spiro atoms. The maximum Gasteiger partial charge on any atom is 0.237 e. The fourth-order valence-electron chi connectivity index (χ4n) is 1.75. The van der Waals surface area contributed by atoms with Crippen molar-refractivity contribution in [2.75, 3.05) is 4.90 Å². The summed E-state index contributed by atoms with van der Waals surface area (Å²) < 4.78 is 0. The van der Waals surface area contributed by atoms with Gasteiger partial charge in [-0.3, -0.25) is 14.5 Å². The summed E-state index contributed by atoms with van der Waals surface area (Å²) >= 11 is 0. The number of carbonyl (C=O) groups is 2. The van der Waals surface area contributed by atoms with Crippen LogP contribution >= 0.6 is 0 Å². The molecule has 0 radical (unpaired) electrons. The van der Waals surface area contributed by atoms with Crippen LogP contribution < -0.4 is 4.90 Å². The van der Waals surface area contributed by atoms with Crippen molar-refractivity contribution in [1.82, 2.24) is 0 Å². The summed E-state index contributed by atoms with van der Waals surface area (Å²) in [5.74, 6) is -0.376. The van der Waals surface area contributed by atoms with Crippen molar-refractivity contribution in [3.05, 3.63) is 29.8 Å². The van der Waals surface area contributed by atoms with Crippen LogP contribution in [0.2, 0.25) is 0 Å². The monoisotopic (exact) mass is 203 g/mol. The van der Waals surface area contributed by atoms with Crippen molar-refractivity contribution in [2.24, 2.45) is 5.92 Å². The molecule has 0 aliphatic carbocycles. The van der Waals surface area contributed by atoms with Gasteiger partial charge >= 0.3 is 0 Å². The molecule has 1 aromatic rings. The molecule has 0 N–H and O–H groups in total. The minimum atomic E-state index is -0.182. The molecule has 1 aliphatic heterocycles. The summed E-state index contributed by atoms with van der Waals surface area (Å²) in [6.45, 7) is 3.76. The molecule has 0 unspecified atom stereocenters. The SMILES string of the molecule is Cc1ccc(N2C(=O)C[C@@H](C)C2=O)cc1. The largest absolute Gasteiger partial charge is 0.274 e. The Hall–Kier alpha value is -1.64. The lowest BCUT2D eigenvalue weighted by molar-refractivity contribution is -0.122. The lowest BCUT2D eigenvalue weighted by atomic mass is 10.1. The van der Waals surface area contributed by atoms with Gasteiger partial charge < -0.3 is 0 Å². The van der Waals surface area contributed by atoms with Crippen molar-refractivity contribution in [3.63, 3.8) is 0 Å². The lowest BCUT2D eigenvalue weighted by Gasteiger charge is -2.14. The van der Waals surface area contributed by atoms with Crippen LogP contribution in [0.1, 0.15) is 18.9 Å². The van der Waals surface area contributed by atoms with Crippen LogP contribution in [0.5, 0.6) is 0 Å². The first-order valence-corrected chi connectivity index (χ1v) is 5.03. The number of hydrogen-bond acceptors (Lipinski definition) is 2. The Bertz CT molecular complexity index is 408. The minimum absolute atomic E-state index is 0.0937. The van der Waals surface area contributed by atoms with Crippen molar-refractivity contribution >= 4 is 17.5 Å². The van der Waals surface area contributed by atoms with E-state index in [1.807, 2.05) is 31.2 Å². The second-order valence-electron chi connectivity index (χ2n) is 4.01. The van der Waals surface area contributed by atoms with Gasteiger partial charge in [0.2, 0.25) is 11.8 Å². The van der Waals surface area contributed by atoms with Gasteiger partial charge in [-0.1, -0.05) is 24.6 Å². The molecule has 1 aliphatic rings. The zero-order valence-electron chi connectivity index (χ0n) is 8.86. The highest BCUT2D eigenvalue weighted by Gasteiger charge is 2.36. The molecule has 15 heavy (non-hydrogen) atoms. The standard InChI is InChI=1S/C12H13NO2/c1-8-3-5-10(6-4-8)13-11(14)7-9(2)12(13)15/h3-6,9H,7H2,1-2H3/t9-/m1/s1.